The lowest BCUT2D eigenvalue weighted by Crippen LogP contribution is -2.46. The van der Waals surface area contributed by atoms with Crippen LogP contribution in [0.25, 0.3) is 0 Å². The number of hydrogen-bond acceptors (Lipinski definition) is 1. The molecule has 7 heteroatoms. The molecule has 0 aliphatic heterocycles. The third-order valence-electron chi connectivity index (χ3n) is 2.49. The Kier molecular flexibility index (Phi) is 2.17. The van der Waals surface area contributed by atoms with Gasteiger partial charge in [0, 0.05) is 15.6 Å². The van der Waals surface area contributed by atoms with Gasteiger partial charge >= 0.3 is 17.7 Å². The number of hydrogen-bond donors (Lipinski definition) is 1. The van der Waals surface area contributed by atoms with Gasteiger partial charge in [-0.15, -0.1) is 0 Å². The fourth-order valence-electron chi connectivity index (χ4n) is 1.66. The van der Waals surface area contributed by atoms with E-state index >= 15 is 0 Å². The summed E-state index contributed by atoms with van der Waals surface area (Å²) in [6, 6.07) is 2.82. The zero-order valence-electron chi connectivity index (χ0n) is 7.45. The summed E-state index contributed by atoms with van der Waals surface area (Å²) in [4.78, 5) is 0. The highest BCUT2D eigenvalue weighted by atomic mass is 79.9. The van der Waals surface area contributed by atoms with E-state index < -0.39 is 28.8 Å². The fraction of sp³-hybridized carbons (Fsp3) is 0.333. The molecule has 0 saturated carbocycles. The standard InChI is InChI=1S/C9H4BrF5O/c10-5-3-1-2-4-6(5)8(13,16)9(14,15)7(4,11)12/h1-3,16H. The van der Waals surface area contributed by atoms with E-state index in [1.807, 2.05) is 0 Å². The first kappa shape index (κ1) is 11.8. The van der Waals surface area contributed by atoms with E-state index in [0.29, 0.717) is 6.07 Å². The number of benzene rings is 1. The van der Waals surface area contributed by atoms with Crippen LogP contribution in [0.5, 0.6) is 0 Å². The van der Waals surface area contributed by atoms with Gasteiger partial charge in [0.1, 0.15) is 0 Å². The van der Waals surface area contributed by atoms with Gasteiger partial charge in [-0.05, 0) is 6.07 Å². The second-order valence-electron chi connectivity index (χ2n) is 3.43. The maximum absolute atomic E-state index is 13.4. The van der Waals surface area contributed by atoms with Crippen molar-refractivity contribution in [3.05, 3.63) is 33.8 Å². The molecule has 88 valence electrons. The Hall–Kier alpha value is -0.690. The van der Waals surface area contributed by atoms with Crippen molar-refractivity contribution in [2.45, 2.75) is 17.7 Å². The maximum Gasteiger partial charge on any atom is 0.376 e. The van der Waals surface area contributed by atoms with Gasteiger partial charge in [-0.3, -0.25) is 0 Å². The van der Waals surface area contributed by atoms with Crippen molar-refractivity contribution in [3.8, 4) is 0 Å². The highest BCUT2D eigenvalue weighted by Crippen LogP contribution is 2.62. The van der Waals surface area contributed by atoms with Crippen molar-refractivity contribution < 1.29 is 27.1 Å². The van der Waals surface area contributed by atoms with Crippen molar-refractivity contribution in [2.24, 2.45) is 0 Å². The summed E-state index contributed by atoms with van der Waals surface area (Å²) < 4.78 is 65.7. The Morgan fingerprint density at radius 3 is 2.12 bits per heavy atom. The summed E-state index contributed by atoms with van der Waals surface area (Å²) in [6.45, 7) is 0. The number of halogens is 6. The molecule has 0 spiro atoms. The second kappa shape index (κ2) is 2.95. The SMILES string of the molecule is OC1(F)c2c(Br)cccc2C(F)(F)C1(F)F. The van der Waals surface area contributed by atoms with Gasteiger partial charge in [0.15, 0.2) is 0 Å². The van der Waals surface area contributed by atoms with Crippen molar-refractivity contribution in [3.63, 3.8) is 0 Å². The molecule has 16 heavy (non-hydrogen) atoms. The Morgan fingerprint density at radius 1 is 1.06 bits per heavy atom. The molecule has 1 nitrogen and oxygen atoms in total. The van der Waals surface area contributed by atoms with Crippen LogP contribution in [-0.2, 0) is 11.8 Å². The first-order chi connectivity index (χ1) is 7.14. The Balaban J connectivity index is 2.84. The van der Waals surface area contributed by atoms with Gasteiger partial charge in [-0.1, -0.05) is 28.1 Å². The average Bonchev–Trinajstić information content (AvgIpc) is 2.25. The fourth-order valence-corrected chi connectivity index (χ4v) is 2.29. The molecule has 1 aliphatic rings. The minimum absolute atomic E-state index is 0.327. The second-order valence-corrected chi connectivity index (χ2v) is 4.29. The van der Waals surface area contributed by atoms with E-state index in [0.717, 1.165) is 12.1 Å². The summed E-state index contributed by atoms with van der Waals surface area (Å²) >= 11 is 2.66. The maximum atomic E-state index is 13.4. The smallest absolute Gasteiger partial charge is 0.353 e. The van der Waals surface area contributed by atoms with Gasteiger partial charge in [0.05, 0.1) is 0 Å². The van der Waals surface area contributed by atoms with Crippen LogP contribution in [0.15, 0.2) is 22.7 Å². The third kappa shape index (κ3) is 1.08. The minimum atomic E-state index is -5.19. The molecule has 1 aromatic rings. The monoisotopic (exact) mass is 302 g/mol. The molecule has 0 radical (unpaired) electrons. The van der Waals surface area contributed by atoms with E-state index in [1.165, 1.54) is 0 Å². The zero-order valence-corrected chi connectivity index (χ0v) is 9.03. The molecule has 1 aromatic carbocycles. The molecule has 0 bridgehead atoms. The topological polar surface area (TPSA) is 20.2 Å². The van der Waals surface area contributed by atoms with E-state index in [1.54, 1.807) is 0 Å². The highest BCUT2D eigenvalue weighted by molar-refractivity contribution is 9.10. The van der Waals surface area contributed by atoms with Crippen LogP contribution in [0.2, 0.25) is 0 Å². The highest BCUT2D eigenvalue weighted by Gasteiger charge is 2.78. The van der Waals surface area contributed by atoms with Crippen molar-refractivity contribution >= 4 is 15.9 Å². The van der Waals surface area contributed by atoms with E-state index in [9.17, 15) is 22.0 Å². The first-order valence-corrected chi connectivity index (χ1v) is 4.89. The van der Waals surface area contributed by atoms with Crippen LogP contribution in [0.1, 0.15) is 11.1 Å². The summed E-state index contributed by atoms with van der Waals surface area (Å²) in [7, 11) is 0. The molecule has 1 atom stereocenters. The molecule has 0 amide bonds. The largest absolute Gasteiger partial charge is 0.376 e. The minimum Gasteiger partial charge on any atom is -0.353 e. The normalized spacial score (nSPS) is 30.2. The van der Waals surface area contributed by atoms with Crippen LogP contribution >= 0.6 is 15.9 Å². The number of fused-ring (bicyclic) bond motifs is 1. The predicted molar refractivity (Wildman–Crippen MR) is 48.0 cm³/mol. The average molecular weight is 303 g/mol. The molecule has 0 fully saturated rings. The van der Waals surface area contributed by atoms with Gasteiger partial charge in [-0.2, -0.15) is 22.0 Å². The van der Waals surface area contributed by atoms with Crippen molar-refractivity contribution in [1.29, 1.82) is 0 Å². The Morgan fingerprint density at radius 2 is 1.62 bits per heavy atom. The van der Waals surface area contributed by atoms with Crippen LogP contribution in [0, 0.1) is 0 Å². The molecule has 2 rings (SSSR count). The van der Waals surface area contributed by atoms with Crippen LogP contribution in [0.3, 0.4) is 0 Å². The van der Waals surface area contributed by atoms with Gasteiger partial charge in [-0.25, -0.2) is 0 Å². The third-order valence-corrected chi connectivity index (χ3v) is 3.15. The number of aliphatic hydroxyl groups is 1. The van der Waals surface area contributed by atoms with Crippen LogP contribution in [0.4, 0.5) is 22.0 Å². The lowest BCUT2D eigenvalue weighted by atomic mass is 10.1. The van der Waals surface area contributed by atoms with Gasteiger partial charge in [0.2, 0.25) is 0 Å². The van der Waals surface area contributed by atoms with E-state index in [2.05, 4.69) is 15.9 Å². The molecule has 0 aromatic heterocycles. The quantitative estimate of drug-likeness (QED) is 0.729. The summed E-state index contributed by atoms with van der Waals surface area (Å²) in [5.74, 6) is -14.3. The van der Waals surface area contributed by atoms with E-state index in [4.69, 9.17) is 5.11 Å². The summed E-state index contributed by atoms with van der Waals surface area (Å²) in [5, 5.41) is 8.96. The van der Waals surface area contributed by atoms with Crippen molar-refractivity contribution in [1.82, 2.24) is 0 Å². The Bertz CT molecular complexity index is 457. The summed E-state index contributed by atoms with van der Waals surface area (Å²) in [6.07, 6.45) is 0. The summed E-state index contributed by atoms with van der Waals surface area (Å²) in [5.41, 5.74) is -2.33. The molecule has 1 N–H and O–H groups in total. The molecular weight excluding hydrogens is 299 g/mol. The predicted octanol–water partition coefficient (Wildman–Crippen LogP) is 3.30. The Labute approximate surface area is 95.0 Å². The number of alkyl halides is 5. The van der Waals surface area contributed by atoms with E-state index in [-0.39, 0.29) is 4.47 Å². The molecule has 1 aliphatic carbocycles. The molecule has 0 saturated heterocycles. The van der Waals surface area contributed by atoms with Gasteiger partial charge < -0.3 is 5.11 Å². The zero-order chi connectivity index (χ0) is 12.4. The van der Waals surface area contributed by atoms with Gasteiger partial charge in [0.25, 0.3) is 0 Å². The van der Waals surface area contributed by atoms with Crippen LogP contribution < -0.4 is 0 Å². The van der Waals surface area contributed by atoms with Crippen molar-refractivity contribution in [2.75, 3.05) is 0 Å². The molecule has 0 heterocycles. The lowest BCUT2D eigenvalue weighted by Gasteiger charge is -2.25. The molecular formula is C9H4BrF5O. The lowest BCUT2D eigenvalue weighted by molar-refractivity contribution is -0.328. The molecule has 1 unspecified atom stereocenters. The first-order valence-electron chi connectivity index (χ1n) is 4.10. The van der Waals surface area contributed by atoms with Crippen LogP contribution in [-0.4, -0.2) is 11.0 Å². The number of rotatable bonds is 0.